The molecule has 0 aromatic heterocycles. The Bertz CT molecular complexity index is 672. The number of fused-ring (bicyclic) bond motifs is 1. The Labute approximate surface area is 107 Å². The van der Waals surface area contributed by atoms with Crippen LogP contribution in [-0.2, 0) is 0 Å². The summed E-state index contributed by atoms with van der Waals surface area (Å²) >= 11 is 0. The van der Waals surface area contributed by atoms with Crippen LogP contribution in [-0.4, -0.2) is 0 Å². The van der Waals surface area contributed by atoms with Gasteiger partial charge in [-0.15, -0.1) is 0 Å². The highest BCUT2D eigenvalue weighted by molar-refractivity contribution is 5.91. The van der Waals surface area contributed by atoms with E-state index in [0.29, 0.717) is 0 Å². The first-order valence-corrected chi connectivity index (χ1v) is 6.06. The quantitative estimate of drug-likeness (QED) is 0.610. The highest BCUT2D eigenvalue weighted by Gasteiger charge is 2.04. The molecule has 0 saturated carbocycles. The molecular formula is C17H14O. The highest BCUT2D eigenvalue weighted by Crippen LogP contribution is 2.31. The second kappa shape index (κ2) is 4.53. The number of aryl methyl sites for hydroxylation is 1. The fourth-order valence-corrected chi connectivity index (χ4v) is 2.13. The molecule has 0 aliphatic carbocycles. The van der Waals surface area contributed by atoms with Gasteiger partial charge in [0.15, 0.2) is 0 Å². The fourth-order valence-electron chi connectivity index (χ4n) is 2.13. The molecule has 0 spiro atoms. The summed E-state index contributed by atoms with van der Waals surface area (Å²) in [6, 6.07) is 22.3. The van der Waals surface area contributed by atoms with Crippen molar-refractivity contribution >= 4 is 10.8 Å². The van der Waals surface area contributed by atoms with Gasteiger partial charge >= 0.3 is 0 Å². The lowest BCUT2D eigenvalue weighted by Crippen LogP contribution is -1.87. The van der Waals surface area contributed by atoms with E-state index in [1.54, 1.807) is 0 Å². The van der Waals surface area contributed by atoms with Crippen LogP contribution in [0.5, 0.6) is 11.5 Å². The molecule has 0 N–H and O–H groups in total. The molecule has 0 heterocycles. The molecule has 3 rings (SSSR count). The summed E-state index contributed by atoms with van der Waals surface area (Å²) < 4.78 is 5.95. The van der Waals surface area contributed by atoms with Crippen molar-refractivity contribution < 1.29 is 4.74 Å². The molecule has 18 heavy (non-hydrogen) atoms. The van der Waals surface area contributed by atoms with Gasteiger partial charge in [-0.25, -0.2) is 0 Å². The van der Waals surface area contributed by atoms with E-state index in [1.807, 2.05) is 42.5 Å². The van der Waals surface area contributed by atoms with Gasteiger partial charge in [0.1, 0.15) is 11.5 Å². The van der Waals surface area contributed by atoms with E-state index >= 15 is 0 Å². The third-order valence-electron chi connectivity index (χ3n) is 3.07. The Morgan fingerprint density at radius 3 is 2.11 bits per heavy atom. The van der Waals surface area contributed by atoms with Gasteiger partial charge in [0.2, 0.25) is 0 Å². The van der Waals surface area contributed by atoms with Crippen LogP contribution in [0.1, 0.15) is 5.56 Å². The lowest BCUT2D eigenvalue weighted by molar-refractivity contribution is 0.488. The normalized spacial score (nSPS) is 10.5. The van der Waals surface area contributed by atoms with Crippen molar-refractivity contribution in [1.29, 1.82) is 0 Å². The maximum atomic E-state index is 5.95. The van der Waals surface area contributed by atoms with E-state index in [9.17, 15) is 0 Å². The van der Waals surface area contributed by atoms with Crippen LogP contribution in [0, 0.1) is 6.92 Å². The first-order chi connectivity index (χ1) is 8.84. The molecule has 0 aliphatic rings. The molecule has 1 heteroatoms. The average Bonchev–Trinajstić information content (AvgIpc) is 2.44. The molecule has 0 aliphatic heterocycles. The first-order valence-electron chi connectivity index (χ1n) is 6.06. The Morgan fingerprint density at radius 2 is 1.33 bits per heavy atom. The first kappa shape index (κ1) is 10.8. The number of benzene rings is 3. The molecule has 0 bridgehead atoms. The van der Waals surface area contributed by atoms with Gasteiger partial charge < -0.3 is 4.74 Å². The second-order valence-electron chi connectivity index (χ2n) is 4.34. The topological polar surface area (TPSA) is 9.23 Å². The summed E-state index contributed by atoms with van der Waals surface area (Å²) in [5, 5.41) is 2.40. The number of hydrogen-bond acceptors (Lipinski definition) is 1. The zero-order chi connectivity index (χ0) is 12.4. The number of rotatable bonds is 2. The van der Waals surface area contributed by atoms with E-state index < -0.39 is 0 Å². The fraction of sp³-hybridized carbons (Fsp3) is 0.0588. The zero-order valence-electron chi connectivity index (χ0n) is 10.3. The van der Waals surface area contributed by atoms with Gasteiger partial charge in [0.05, 0.1) is 0 Å². The van der Waals surface area contributed by atoms with Crippen molar-refractivity contribution in [3.63, 3.8) is 0 Å². The minimum Gasteiger partial charge on any atom is -0.457 e. The van der Waals surface area contributed by atoms with Gasteiger partial charge in [0, 0.05) is 5.39 Å². The van der Waals surface area contributed by atoms with Gasteiger partial charge in [-0.3, -0.25) is 0 Å². The van der Waals surface area contributed by atoms with Gasteiger partial charge in [-0.05, 0) is 36.1 Å². The summed E-state index contributed by atoms with van der Waals surface area (Å²) in [4.78, 5) is 0. The van der Waals surface area contributed by atoms with Gasteiger partial charge in [0.25, 0.3) is 0 Å². The summed E-state index contributed by atoms with van der Waals surface area (Å²) in [5.74, 6) is 1.77. The lowest BCUT2D eigenvalue weighted by Gasteiger charge is -2.10. The third-order valence-corrected chi connectivity index (χ3v) is 3.07. The zero-order valence-corrected chi connectivity index (χ0v) is 10.3. The van der Waals surface area contributed by atoms with Crippen LogP contribution in [0.15, 0.2) is 66.7 Å². The predicted octanol–water partition coefficient (Wildman–Crippen LogP) is 4.94. The summed E-state index contributed by atoms with van der Waals surface area (Å²) in [6.45, 7) is 2.12. The molecule has 0 atom stereocenters. The van der Waals surface area contributed by atoms with Gasteiger partial charge in [-0.2, -0.15) is 0 Å². The Hall–Kier alpha value is -2.28. The molecule has 3 aromatic carbocycles. The van der Waals surface area contributed by atoms with Crippen molar-refractivity contribution in [2.45, 2.75) is 6.92 Å². The number of hydrogen-bond donors (Lipinski definition) is 0. The van der Waals surface area contributed by atoms with Crippen LogP contribution < -0.4 is 4.74 Å². The maximum Gasteiger partial charge on any atom is 0.135 e. The number of para-hydroxylation sites is 1. The van der Waals surface area contributed by atoms with Crippen LogP contribution in [0.3, 0.4) is 0 Å². The highest BCUT2D eigenvalue weighted by atomic mass is 16.5. The third kappa shape index (κ3) is 1.95. The van der Waals surface area contributed by atoms with Crippen molar-refractivity contribution in [3.8, 4) is 11.5 Å². The van der Waals surface area contributed by atoms with E-state index in [1.165, 1.54) is 10.9 Å². The van der Waals surface area contributed by atoms with E-state index in [2.05, 4.69) is 31.2 Å². The van der Waals surface area contributed by atoms with Crippen LogP contribution in [0.25, 0.3) is 10.8 Å². The summed E-state index contributed by atoms with van der Waals surface area (Å²) in [6.07, 6.45) is 0. The van der Waals surface area contributed by atoms with Crippen molar-refractivity contribution in [2.75, 3.05) is 0 Å². The average molecular weight is 234 g/mol. The lowest BCUT2D eigenvalue weighted by atomic mass is 10.0. The van der Waals surface area contributed by atoms with Crippen LogP contribution in [0.4, 0.5) is 0 Å². The molecule has 0 fully saturated rings. The minimum atomic E-state index is 0.867. The molecule has 3 aromatic rings. The predicted molar refractivity (Wildman–Crippen MR) is 75.2 cm³/mol. The standard InChI is InChI=1S/C17H14O/c1-13-11-12-17(16-10-6-5-9-15(13)16)18-14-7-3-2-4-8-14/h2-12H,1H3. The molecule has 0 saturated heterocycles. The molecular weight excluding hydrogens is 220 g/mol. The molecule has 1 nitrogen and oxygen atoms in total. The molecule has 88 valence electrons. The SMILES string of the molecule is Cc1ccc(Oc2ccccc2)c2ccccc12. The van der Waals surface area contributed by atoms with Crippen molar-refractivity contribution in [1.82, 2.24) is 0 Å². The van der Waals surface area contributed by atoms with E-state index in [0.717, 1.165) is 16.9 Å². The Balaban J connectivity index is 2.10. The second-order valence-corrected chi connectivity index (χ2v) is 4.34. The Kier molecular flexibility index (Phi) is 2.73. The van der Waals surface area contributed by atoms with Crippen molar-refractivity contribution in [3.05, 3.63) is 72.3 Å². The smallest absolute Gasteiger partial charge is 0.135 e. The van der Waals surface area contributed by atoms with Crippen LogP contribution >= 0.6 is 0 Å². The summed E-state index contributed by atoms with van der Waals surface area (Å²) in [5.41, 5.74) is 1.27. The monoisotopic (exact) mass is 234 g/mol. The summed E-state index contributed by atoms with van der Waals surface area (Å²) in [7, 11) is 0. The van der Waals surface area contributed by atoms with E-state index in [-0.39, 0.29) is 0 Å². The Morgan fingerprint density at radius 1 is 0.667 bits per heavy atom. The van der Waals surface area contributed by atoms with Crippen LogP contribution in [0.2, 0.25) is 0 Å². The van der Waals surface area contributed by atoms with Gasteiger partial charge in [-0.1, -0.05) is 48.5 Å². The largest absolute Gasteiger partial charge is 0.457 e. The van der Waals surface area contributed by atoms with E-state index in [4.69, 9.17) is 4.74 Å². The molecule has 0 amide bonds. The number of ether oxygens (including phenoxy) is 1. The molecule has 0 radical (unpaired) electrons. The maximum absolute atomic E-state index is 5.95. The minimum absolute atomic E-state index is 0.867. The van der Waals surface area contributed by atoms with Crippen molar-refractivity contribution in [2.24, 2.45) is 0 Å². The molecule has 0 unspecified atom stereocenters.